The van der Waals surface area contributed by atoms with E-state index < -0.39 is 0 Å². The van der Waals surface area contributed by atoms with Crippen LogP contribution in [0.3, 0.4) is 0 Å². The molecule has 0 aliphatic carbocycles. The fraction of sp³-hybridized carbons (Fsp3) is 0.929. The summed E-state index contributed by atoms with van der Waals surface area (Å²) in [6, 6.07) is 0.762. The molecule has 18 heavy (non-hydrogen) atoms. The van der Waals surface area contributed by atoms with Gasteiger partial charge in [-0.15, -0.1) is 0 Å². The minimum atomic E-state index is 0.346. The number of likely N-dealkylation sites (tertiary alicyclic amines) is 2. The third kappa shape index (κ3) is 2.69. The Bertz CT molecular complexity index is 289. The van der Waals surface area contributed by atoms with Crippen molar-refractivity contribution in [2.24, 2.45) is 5.92 Å². The van der Waals surface area contributed by atoms with Gasteiger partial charge in [0.15, 0.2) is 0 Å². The van der Waals surface area contributed by atoms with Crippen molar-refractivity contribution >= 4 is 5.91 Å². The second kappa shape index (κ2) is 5.57. The largest absolute Gasteiger partial charge is 0.341 e. The van der Waals surface area contributed by atoms with Gasteiger partial charge in [-0.2, -0.15) is 0 Å². The molecule has 0 aromatic heterocycles. The van der Waals surface area contributed by atoms with Crippen molar-refractivity contribution < 1.29 is 4.79 Å². The van der Waals surface area contributed by atoms with E-state index in [0.29, 0.717) is 12.5 Å². The molecule has 4 heteroatoms. The van der Waals surface area contributed by atoms with Crippen LogP contribution in [-0.4, -0.2) is 61.0 Å². The molecule has 3 aliphatic heterocycles. The molecule has 1 atom stereocenters. The van der Waals surface area contributed by atoms with Crippen molar-refractivity contribution in [1.29, 1.82) is 0 Å². The zero-order valence-corrected chi connectivity index (χ0v) is 11.2. The van der Waals surface area contributed by atoms with Crippen LogP contribution in [0, 0.1) is 5.92 Å². The van der Waals surface area contributed by atoms with Crippen LogP contribution in [0.5, 0.6) is 0 Å². The van der Waals surface area contributed by atoms with Gasteiger partial charge >= 0.3 is 0 Å². The van der Waals surface area contributed by atoms with Crippen LogP contribution < -0.4 is 5.32 Å². The number of amides is 1. The molecule has 1 N–H and O–H groups in total. The van der Waals surface area contributed by atoms with E-state index in [0.717, 1.165) is 38.1 Å². The predicted molar refractivity (Wildman–Crippen MR) is 71.4 cm³/mol. The molecule has 0 radical (unpaired) electrons. The van der Waals surface area contributed by atoms with Crippen molar-refractivity contribution in [3.8, 4) is 0 Å². The number of carbonyl (C=O) groups excluding carboxylic acids is 1. The van der Waals surface area contributed by atoms with E-state index in [9.17, 15) is 4.79 Å². The van der Waals surface area contributed by atoms with Gasteiger partial charge in [0.05, 0.1) is 6.54 Å². The molecule has 102 valence electrons. The summed E-state index contributed by atoms with van der Waals surface area (Å²) < 4.78 is 0. The Kier molecular flexibility index (Phi) is 3.85. The van der Waals surface area contributed by atoms with Crippen LogP contribution in [0.1, 0.15) is 32.1 Å². The van der Waals surface area contributed by atoms with Crippen LogP contribution in [0.2, 0.25) is 0 Å². The van der Waals surface area contributed by atoms with E-state index in [1.165, 1.54) is 38.6 Å². The zero-order valence-electron chi connectivity index (χ0n) is 11.2. The van der Waals surface area contributed by atoms with Gasteiger partial charge in [0.2, 0.25) is 5.91 Å². The lowest BCUT2D eigenvalue weighted by atomic mass is 9.88. The highest BCUT2D eigenvalue weighted by Crippen LogP contribution is 2.25. The first-order valence-electron chi connectivity index (χ1n) is 7.56. The van der Waals surface area contributed by atoms with Crippen molar-refractivity contribution in [2.75, 3.05) is 39.3 Å². The van der Waals surface area contributed by atoms with E-state index in [4.69, 9.17) is 0 Å². The minimum Gasteiger partial charge on any atom is -0.341 e. The minimum absolute atomic E-state index is 0.346. The molecule has 1 unspecified atom stereocenters. The quantitative estimate of drug-likeness (QED) is 0.801. The Hall–Kier alpha value is -0.610. The number of piperidine rings is 1. The Morgan fingerprint density at radius 1 is 1.06 bits per heavy atom. The molecule has 0 aromatic rings. The molecular formula is C14H25N3O. The highest BCUT2D eigenvalue weighted by Gasteiger charge is 2.30. The zero-order chi connectivity index (χ0) is 12.4. The number of nitrogens with zero attached hydrogens (tertiary/aromatic N) is 2. The summed E-state index contributed by atoms with van der Waals surface area (Å²) in [6.07, 6.45) is 6.44. The second-order valence-electron chi connectivity index (χ2n) is 6.05. The van der Waals surface area contributed by atoms with Gasteiger partial charge in [0.25, 0.3) is 0 Å². The standard InChI is InChI=1S/C14H25N3O/c18-14(17-7-2-8-17)11-16-9-4-12(5-10-16)13-3-1-6-15-13/h12-13,15H,1-11H2. The number of rotatable bonds is 3. The highest BCUT2D eigenvalue weighted by molar-refractivity contribution is 5.78. The average molecular weight is 251 g/mol. The van der Waals surface area contributed by atoms with Gasteiger partial charge in [0, 0.05) is 19.1 Å². The number of hydrogen-bond acceptors (Lipinski definition) is 3. The fourth-order valence-corrected chi connectivity index (χ4v) is 3.48. The Morgan fingerprint density at radius 2 is 1.83 bits per heavy atom. The molecule has 3 rings (SSSR count). The average Bonchev–Trinajstić information content (AvgIpc) is 2.81. The molecule has 3 saturated heterocycles. The fourth-order valence-electron chi connectivity index (χ4n) is 3.48. The molecular weight excluding hydrogens is 226 g/mol. The summed E-state index contributed by atoms with van der Waals surface area (Å²) in [4.78, 5) is 16.2. The third-order valence-corrected chi connectivity index (χ3v) is 4.87. The van der Waals surface area contributed by atoms with Crippen LogP contribution in [0.4, 0.5) is 0 Å². The molecule has 3 fully saturated rings. The van der Waals surface area contributed by atoms with Gasteiger partial charge in [-0.3, -0.25) is 9.69 Å². The smallest absolute Gasteiger partial charge is 0.236 e. The Morgan fingerprint density at radius 3 is 2.39 bits per heavy atom. The van der Waals surface area contributed by atoms with Crippen molar-refractivity contribution in [3.05, 3.63) is 0 Å². The van der Waals surface area contributed by atoms with Crippen molar-refractivity contribution in [1.82, 2.24) is 15.1 Å². The van der Waals surface area contributed by atoms with Crippen molar-refractivity contribution in [2.45, 2.75) is 38.1 Å². The summed E-state index contributed by atoms with van der Waals surface area (Å²) in [6.45, 7) is 6.07. The van der Waals surface area contributed by atoms with Gasteiger partial charge in [-0.25, -0.2) is 0 Å². The summed E-state index contributed by atoms with van der Waals surface area (Å²) in [7, 11) is 0. The van der Waals surface area contributed by atoms with Gasteiger partial charge < -0.3 is 10.2 Å². The van der Waals surface area contributed by atoms with E-state index in [2.05, 4.69) is 10.2 Å². The first kappa shape index (κ1) is 12.4. The molecule has 4 nitrogen and oxygen atoms in total. The topological polar surface area (TPSA) is 35.6 Å². The van der Waals surface area contributed by atoms with Crippen LogP contribution in [0.15, 0.2) is 0 Å². The van der Waals surface area contributed by atoms with Crippen molar-refractivity contribution in [3.63, 3.8) is 0 Å². The van der Waals surface area contributed by atoms with Crippen LogP contribution in [0.25, 0.3) is 0 Å². The number of hydrogen-bond donors (Lipinski definition) is 1. The van der Waals surface area contributed by atoms with Gasteiger partial charge in [0.1, 0.15) is 0 Å². The molecule has 0 aromatic carbocycles. The molecule has 3 aliphatic rings. The van der Waals surface area contributed by atoms with E-state index >= 15 is 0 Å². The van der Waals surface area contributed by atoms with Gasteiger partial charge in [-0.1, -0.05) is 0 Å². The number of carbonyl (C=O) groups is 1. The first-order valence-corrected chi connectivity index (χ1v) is 7.56. The van der Waals surface area contributed by atoms with E-state index in [1.807, 2.05) is 4.90 Å². The molecule has 0 bridgehead atoms. The summed E-state index contributed by atoms with van der Waals surface area (Å²) >= 11 is 0. The maximum absolute atomic E-state index is 11.9. The maximum atomic E-state index is 11.9. The lowest BCUT2D eigenvalue weighted by Gasteiger charge is -2.37. The monoisotopic (exact) mass is 251 g/mol. The van der Waals surface area contributed by atoms with Gasteiger partial charge in [-0.05, 0) is 57.7 Å². The SMILES string of the molecule is O=C(CN1CCC(C2CCCN2)CC1)N1CCC1. The second-order valence-corrected chi connectivity index (χ2v) is 6.05. The Labute approximate surface area is 110 Å². The molecule has 3 heterocycles. The maximum Gasteiger partial charge on any atom is 0.236 e. The molecule has 0 spiro atoms. The van der Waals surface area contributed by atoms with Crippen LogP contribution in [-0.2, 0) is 4.79 Å². The predicted octanol–water partition coefficient (Wildman–Crippen LogP) is 0.683. The summed E-state index contributed by atoms with van der Waals surface area (Å²) in [5.41, 5.74) is 0. The Balaban J connectivity index is 1.40. The lowest BCUT2D eigenvalue weighted by molar-refractivity contribution is -0.136. The third-order valence-electron chi connectivity index (χ3n) is 4.87. The highest BCUT2D eigenvalue weighted by atomic mass is 16.2. The molecule has 1 amide bonds. The number of nitrogens with one attached hydrogen (secondary N) is 1. The first-order chi connectivity index (χ1) is 8.83. The van der Waals surface area contributed by atoms with Crippen LogP contribution >= 0.6 is 0 Å². The van der Waals surface area contributed by atoms with E-state index in [-0.39, 0.29) is 0 Å². The lowest BCUT2D eigenvalue weighted by Crippen LogP contribution is -2.49. The normalized spacial score (nSPS) is 30.4. The van der Waals surface area contributed by atoms with E-state index in [1.54, 1.807) is 0 Å². The summed E-state index contributed by atoms with van der Waals surface area (Å²) in [5, 5.41) is 3.62. The summed E-state index contributed by atoms with van der Waals surface area (Å²) in [5.74, 6) is 1.20. The molecule has 0 saturated carbocycles.